The van der Waals surface area contributed by atoms with Crippen molar-refractivity contribution in [1.29, 1.82) is 0 Å². The first-order valence-electron chi connectivity index (χ1n) is 9.36. The van der Waals surface area contributed by atoms with Crippen LogP contribution in [0.2, 0.25) is 5.28 Å². The van der Waals surface area contributed by atoms with Crippen LogP contribution in [0.5, 0.6) is 0 Å². The standard InChI is InChI=1S/C19H23ClN4O/c1-3-4-24-16(25)14-15(23-18(24)20)22-17(21-14)19(2)8-10-5-11-7-12(9-19)13(11)6-10/h9-11,13H,3-8H2,1-2H3,(H,21,22). The van der Waals surface area contributed by atoms with Gasteiger partial charge in [-0.25, -0.2) is 4.98 Å². The first-order valence-corrected chi connectivity index (χ1v) is 9.74. The monoisotopic (exact) mass is 358 g/mol. The summed E-state index contributed by atoms with van der Waals surface area (Å²) < 4.78 is 1.53. The highest BCUT2D eigenvalue weighted by Crippen LogP contribution is 2.59. The molecule has 0 aliphatic heterocycles. The first kappa shape index (κ1) is 15.6. The summed E-state index contributed by atoms with van der Waals surface area (Å²) in [5.74, 6) is 3.36. The van der Waals surface area contributed by atoms with Gasteiger partial charge in [-0.1, -0.05) is 18.6 Å². The van der Waals surface area contributed by atoms with E-state index in [2.05, 4.69) is 23.0 Å². The Morgan fingerprint density at radius 3 is 3.04 bits per heavy atom. The number of aromatic nitrogens is 4. The molecule has 6 heteroatoms. The van der Waals surface area contributed by atoms with Gasteiger partial charge in [-0.05, 0) is 68.4 Å². The van der Waals surface area contributed by atoms with Crippen molar-refractivity contribution in [2.24, 2.45) is 17.8 Å². The van der Waals surface area contributed by atoms with Crippen molar-refractivity contribution in [3.8, 4) is 0 Å². The molecule has 4 atom stereocenters. The average molecular weight is 359 g/mol. The third-order valence-electron chi connectivity index (χ3n) is 6.54. The quantitative estimate of drug-likeness (QED) is 0.670. The van der Waals surface area contributed by atoms with Crippen LogP contribution in [-0.4, -0.2) is 19.5 Å². The Morgan fingerprint density at radius 1 is 1.40 bits per heavy atom. The van der Waals surface area contributed by atoms with E-state index in [1.807, 2.05) is 6.92 Å². The van der Waals surface area contributed by atoms with E-state index in [1.54, 1.807) is 5.57 Å². The largest absolute Gasteiger partial charge is 0.335 e. The van der Waals surface area contributed by atoms with Crippen LogP contribution < -0.4 is 5.56 Å². The summed E-state index contributed by atoms with van der Waals surface area (Å²) in [5, 5.41) is 0.225. The Kier molecular flexibility index (Phi) is 3.25. The van der Waals surface area contributed by atoms with Crippen LogP contribution in [0.1, 0.15) is 51.8 Å². The minimum Gasteiger partial charge on any atom is -0.335 e. The number of imidazole rings is 1. The van der Waals surface area contributed by atoms with Gasteiger partial charge in [-0.3, -0.25) is 9.36 Å². The smallest absolute Gasteiger partial charge is 0.280 e. The van der Waals surface area contributed by atoms with Crippen LogP contribution in [0.4, 0.5) is 0 Å². The van der Waals surface area contributed by atoms with E-state index in [0.29, 0.717) is 17.7 Å². The van der Waals surface area contributed by atoms with Crippen molar-refractivity contribution in [2.45, 2.75) is 57.9 Å². The average Bonchev–Trinajstić information content (AvgIpc) is 3.07. The number of halogens is 1. The van der Waals surface area contributed by atoms with Crippen LogP contribution in [0.25, 0.3) is 11.2 Å². The fourth-order valence-corrected chi connectivity index (χ4v) is 5.67. The maximum absolute atomic E-state index is 12.8. The molecule has 0 amide bonds. The molecular formula is C19H23ClN4O. The molecule has 2 fully saturated rings. The van der Waals surface area contributed by atoms with E-state index in [4.69, 9.17) is 16.6 Å². The van der Waals surface area contributed by atoms with Gasteiger partial charge in [0.05, 0.1) is 0 Å². The number of fused-ring (bicyclic) bond motifs is 2. The lowest BCUT2D eigenvalue weighted by molar-refractivity contribution is 0.306. The predicted molar refractivity (Wildman–Crippen MR) is 97.8 cm³/mol. The van der Waals surface area contributed by atoms with Crippen molar-refractivity contribution < 1.29 is 0 Å². The summed E-state index contributed by atoms with van der Waals surface area (Å²) in [5.41, 5.74) is 2.26. The Hall–Kier alpha value is -1.62. The Morgan fingerprint density at radius 2 is 2.24 bits per heavy atom. The molecule has 3 aliphatic carbocycles. The van der Waals surface area contributed by atoms with E-state index in [1.165, 1.54) is 23.8 Å². The zero-order valence-corrected chi connectivity index (χ0v) is 15.4. The summed E-state index contributed by atoms with van der Waals surface area (Å²) >= 11 is 6.21. The van der Waals surface area contributed by atoms with Crippen molar-refractivity contribution >= 4 is 22.8 Å². The van der Waals surface area contributed by atoms with Gasteiger partial charge in [0.1, 0.15) is 5.82 Å². The topological polar surface area (TPSA) is 63.6 Å². The molecule has 2 aromatic rings. The van der Waals surface area contributed by atoms with Crippen LogP contribution in [-0.2, 0) is 12.0 Å². The number of hydrogen-bond acceptors (Lipinski definition) is 3. The van der Waals surface area contributed by atoms with Crippen molar-refractivity contribution in [2.75, 3.05) is 0 Å². The number of hydrogen-bond donors (Lipinski definition) is 1. The lowest BCUT2D eigenvalue weighted by Crippen LogP contribution is -2.30. The molecule has 1 N–H and O–H groups in total. The second-order valence-corrected chi connectivity index (χ2v) is 8.71. The lowest BCUT2D eigenvalue weighted by Gasteiger charge is -2.38. The molecule has 2 aromatic heterocycles. The number of rotatable bonds is 3. The molecular weight excluding hydrogens is 336 g/mol. The van der Waals surface area contributed by atoms with Crippen LogP contribution in [0.15, 0.2) is 16.4 Å². The second-order valence-electron chi connectivity index (χ2n) is 8.37. The molecule has 5 nitrogen and oxygen atoms in total. The van der Waals surface area contributed by atoms with E-state index >= 15 is 0 Å². The fourth-order valence-electron chi connectivity index (χ4n) is 5.43. The van der Waals surface area contributed by atoms with Gasteiger partial charge in [-0.2, -0.15) is 4.98 Å². The van der Waals surface area contributed by atoms with Gasteiger partial charge in [0.25, 0.3) is 5.56 Å². The highest BCUT2D eigenvalue weighted by molar-refractivity contribution is 6.28. The van der Waals surface area contributed by atoms with E-state index in [0.717, 1.165) is 36.4 Å². The molecule has 132 valence electrons. The van der Waals surface area contributed by atoms with Gasteiger partial charge >= 0.3 is 0 Å². The predicted octanol–water partition coefficient (Wildman–Crippen LogP) is 3.82. The van der Waals surface area contributed by atoms with Crippen LogP contribution >= 0.6 is 11.6 Å². The second kappa shape index (κ2) is 5.19. The number of aromatic amines is 1. The molecule has 2 heterocycles. The van der Waals surface area contributed by atoms with E-state index in [-0.39, 0.29) is 16.3 Å². The van der Waals surface area contributed by atoms with Gasteiger partial charge in [0, 0.05) is 12.0 Å². The summed E-state index contributed by atoms with van der Waals surface area (Å²) in [6.45, 7) is 4.84. The van der Waals surface area contributed by atoms with Crippen molar-refractivity contribution in [1.82, 2.24) is 19.5 Å². The zero-order valence-electron chi connectivity index (χ0n) is 14.7. The third-order valence-corrected chi connectivity index (χ3v) is 6.82. The number of nitrogens with one attached hydrogen (secondary N) is 1. The van der Waals surface area contributed by atoms with Crippen LogP contribution in [0, 0.1) is 17.8 Å². The molecule has 4 unspecified atom stereocenters. The molecule has 25 heavy (non-hydrogen) atoms. The van der Waals surface area contributed by atoms with Crippen molar-refractivity contribution in [3.05, 3.63) is 33.1 Å². The summed E-state index contributed by atoms with van der Waals surface area (Å²) in [6.07, 6.45) is 8.30. The Labute approximate surface area is 151 Å². The highest BCUT2D eigenvalue weighted by atomic mass is 35.5. The molecule has 2 bridgehead atoms. The zero-order chi connectivity index (χ0) is 17.3. The maximum Gasteiger partial charge on any atom is 0.280 e. The molecule has 3 aliphatic rings. The van der Waals surface area contributed by atoms with Gasteiger partial charge in [0.15, 0.2) is 11.2 Å². The number of nitrogens with zero attached hydrogens (tertiary/aromatic N) is 3. The number of allylic oxidation sites excluding steroid dienone is 2. The SMILES string of the molecule is CCCn1c(Cl)nc2nc(C3(C)C=C4CC5CC(CC45)C3)[nH]c2c1=O. The third kappa shape index (κ3) is 2.17. The van der Waals surface area contributed by atoms with Gasteiger partial charge in [-0.15, -0.1) is 0 Å². The minimum atomic E-state index is -0.144. The van der Waals surface area contributed by atoms with Gasteiger partial charge in [0.2, 0.25) is 5.28 Å². The van der Waals surface area contributed by atoms with Crippen LogP contribution in [0.3, 0.4) is 0 Å². The molecule has 5 rings (SSSR count). The maximum atomic E-state index is 12.8. The molecule has 0 spiro atoms. The normalized spacial score (nSPS) is 33.2. The summed E-state index contributed by atoms with van der Waals surface area (Å²) in [6, 6.07) is 0. The van der Waals surface area contributed by atoms with E-state index < -0.39 is 0 Å². The lowest BCUT2D eigenvalue weighted by atomic mass is 9.67. The number of H-pyrrole nitrogens is 1. The molecule has 0 aromatic carbocycles. The van der Waals surface area contributed by atoms with E-state index in [9.17, 15) is 4.79 Å². The molecule has 0 radical (unpaired) electrons. The summed E-state index contributed by atoms with van der Waals surface area (Å²) in [7, 11) is 0. The molecule has 2 saturated carbocycles. The highest BCUT2D eigenvalue weighted by Gasteiger charge is 2.49. The van der Waals surface area contributed by atoms with Crippen molar-refractivity contribution in [3.63, 3.8) is 0 Å². The Bertz CT molecular complexity index is 958. The minimum absolute atomic E-state index is 0.120. The fraction of sp³-hybridized carbons (Fsp3) is 0.632. The van der Waals surface area contributed by atoms with Gasteiger partial charge < -0.3 is 4.98 Å². The molecule has 0 saturated heterocycles. The summed E-state index contributed by atoms with van der Waals surface area (Å²) in [4.78, 5) is 25.1. The Balaban J connectivity index is 1.64. The first-order chi connectivity index (χ1) is 12.0.